The van der Waals surface area contributed by atoms with Gasteiger partial charge in [-0.25, -0.2) is 0 Å². The van der Waals surface area contributed by atoms with Gasteiger partial charge < -0.3 is 10.6 Å². The van der Waals surface area contributed by atoms with Gasteiger partial charge in [-0.3, -0.25) is 0 Å². The highest BCUT2D eigenvalue weighted by Gasteiger charge is 2.21. The van der Waals surface area contributed by atoms with Crippen molar-refractivity contribution in [2.24, 2.45) is 5.73 Å². The van der Waals surface area contributed by atoms with E-state index in [-0.39, 0.29) is 0 Å². The monoisotopic (exact) mass is 164 g/mol. The van der Waals surface area contributed by atoms with E-state index >= 15 is 0 Å². The van der Waals surface area contributed by atoms with Crippen LogP contribution in [0.4, 0.5) is 0 Å². The van der Waals surface area contributed by atoms with Crippen molar-refractivity contribution in [1.29, 1.82) is 0 Å². The summed E-state index contributed by atoms with van der Waals surface area (Å²) in [6, 6.07) is 0. The van der Waals surface area contributed by atoms with Gasteiger partial charge in [0.15, 0.2) is 0 Å². The van der Waals surface area contributed by atoms with Gasteiger partial charge in [0.25, 0.3) is 0 Å². The molecule has 0 spiro atoms. The summed E-state index contributed by atoms with van der Waals surface area (Å²) in [7, 11) is 0. The van der Waals surface area contributed by atoms with Crippen molar-refractivity contribution < 1.29 is 0 Å². The highest BCUT2D eigenvalue weighted by Crippen LogP contribution is 2.29. The molecule has 0 unspecified atom stereocenters. The van der Waals surface area contributed by atoms with Crippen LogP contribution in [0.3, 0.4) is 0 Å². The Morgan fingerprint density at radius 1 is 1.25 bits per heavy atom. The van der Waals surface area contributed by atoms with E-state index in [0.717, 1.165) is 5.70 Å². The number of hydrogen-bond donors (Lipinski definition) is 1. The molecule has 0 saturated carbocycles. The molecule has 1 aliphatic heterocycles. The Bertz CT molecular complexity index is 245. The van der Waals surface area contributed by atoms with Gasteiger partial charge in [-0.05, 0) is 37.8 Å². The van der Waals surface area contributed by atoms with Crippen LogP contribution in [-0.2, 0) is 0 Å². The highest BCUT2D eigenvalue weighted by molar-refractivity contribution is 5.49. The van der Waals surface area contributed by atoms with Gasteiger partial charge in [0, 0.05) is 13.1 Å². The van der Waals surface area contributed by atoms with E-state index in [1.165, 1.54) is 43.6 Å². The topological polar surface area (TPSA) is 29.3 Å². The molecule has 0 radical (unpaired) electrons. The zero-order valence-electron chi connectivity index (χ0n) is 7.64. The Morgan fingerprint density at radius 2 is 1.92 bits per heavy atom. The molecule has 0 amide bonds. The van der Waals surface area contributed by atoms with Crippen LogP contribution in [0.25, 0.3) is 0 Å². The molecule has 0 atom stereocenters. The maximum Gasteiger partial charge on any atom is 0.0630 e. The number of hydrogen-bond acceptors (Lipinski definition) is 2. The molecule has 0 aromatic carbocycles. The molecular weight excluding hydrogens is 148 g/mol. The van der Waals surface area contributed by atoms with E-state index in [1.54, 1.807) is 0 Å². The van der Waals surface area contributed by atoms with Gasteiger partial charge in [0.1, 0.15) is 0 Å². The molecule has 2 nitrogen and oxygen atoms in total. The lowest BCUT2D eigenvalue weighted by atomic mass is 9.98. The van der Waals surface area contributed by atoms with E-state index in [1.807, 2.05) is 0 Å². The van der Waals surface area contributed by atoms with Gasteiger partial charge in [-0.15, -0.1) is 0 Å². The van der Waals surface area contributed by atoms with Gasteiger partial charge in [-0.2, -0.15) is 0 Å². The molecule has 0 aromatic heterocycles. The Labute approximate surface area is 73.7 Å². The van der Waals surface area contributed by atoms with Crippen LogP contribution in [0.2, 0.25) is 0 Å². The first-order valence-corrected chi connectivity index (χ1v) is 4.72. The summed E-state index contributed by atoms with van der Waals surface area (Å²) in [6.45, 7) is 4.53. The predicted octanol–water partition coefficient (Wildman–Crippen LogP) is 1.60. The average molecular weight is 164 g/mol. The number of rotatable bonds is 1. The molecule has 1 saturated heterocycles. The summed E-state index contributed by atoms with van der Waals surface area (Å²) in [6.07, 6.45) is 6.09. The number of nitrogens with two attached hydrogens (primary N) is 1. The van der Waals surface area contributed by atoms with E-state index in [2.05, 4.69) is 17.9 Å². The van der Waals surface area contributed by atoms with Crippen molar-refractivity contribution >= 4 is 0 Å². The fourth-order valence-electron chi connectivity index (χ4n) is 2.07. The summed E-state index contributed by atoms with van der Waals surface area (Å²) < 4.78 is 0. The van der Waals surface area contributed by atoms with Crippen molar-refractivity contribution in [3.8, 4) is 0 Å². The molecule has 1 heterocycles. The zero-order chi connectivity index (χ0) is 8.55. The fraction of sp³-hybridized carbons (Fsp3) is 0.600. The summed E-state index contributed by atoms with van der Waals surface area (Å²) >= 11 is 0. The summed E-state index contributed by atoms with van der Waals surface area (Å²) in [4.78, 5) is 2.42. The Hall–Kier alpha value is -0.920. The van der Waals surface area contributed by atoms with Crippen molar-refractivity contribution in [3.05, 3.63) is 23.0 Å². The fourth-order valence-corrected chi connectivity index (χ4v) is 2.07. The lowest BCUT2D eigenvalue weighted by Gasteiger charge is -2.35. The molecule has 2 N–H and O–H groups in total. The van der Waals surface area contributed by atoms with Gasteiger partial charge in [-0.1, -0.05) is 0 Å². The Balaban J connectivity index is 2.04. The van der Waals surface area contributed by atoms with Gasteiger partial charge >= 0.3 is 0 Å². The van der Waals surface area contributed by atoms with Crippen LogP contribution >= 0.6 is 0 Å². The molecule has 2 heteroatoms. The number of nitrogens with zero attached hydrogens (tertiary/aromatic N) is 1. The number of allylic oxidation sites excluding steroid dienone is 2. The second kappa shape index (κ2) is 2.85. The molecule has 0 aromatic rings. The molecule has 0 bridgehead atoms. The van der Waals surface area contributed by atoms with Crippen LogP contribution in [-0.4, -0.2) is 18.0 Å². The Kier molecular flexibility index (Phi) is 1.83. The predicted molar refractivity (Wildman–Crippen MR) is 50.4 cm³/mol. The smallest absolute Gasteiger partial charge is 0.0630 e. The molecular formula is C10H16N2. The third-order valence-electron chi connectivity index (χ3n) is 2.69. The second-order valence-corrected chi connectivity index (χ2v) is 3.68. The van der Waals surface area contributed by atoms with Crippen LogP contribution < -0.4 is 5.73 Å². The summed E-state index contributed by atoms with van der Waals surface area (Å²) in [5.41, 5.74) is 9.46. The largest absolute Gasteiger partial charge is 0.397 e. The Morgan fingerprint density at radius 3 is 2.42 bits per heavy atom. The van der Waals surface area contributed by atoms with Crippen LogP contribution in [0, 0.1) is 0 Å². The minimum absolute atomic E-state index is 0.981. The van der Waals surface area contributed by atoms with Gasteiger partial charge in [0.05, 0.1) is 11.4 Å². The first-order chi connectivity index (χ1) is 5.79. The molecule has 12 heavy (non-hydrogen) atoms. The minimum atomic E-state index is 0.981. The van der Waals surface area contributed by atoms with Crippen LogP contribution in [0.1, 0.15) is 26.2 Å². The summed E-state index contributed by atoms with van der Waals surface area (Å²) in [5.74, 6) is 0. The van der Waals surface area contributed by atoms with Crippen LogP contribution in [0.15, 0.2) is 23.0 Å². The number of likely N-dealkylation sites (tertiary alicyclic amines) is 1. The zero-order valence-corrected chi connectivity index (χ0v) is 7.64. The van der Waals surface area contributed by atoms with Crippen molar-refractivity contribution in [3.63, 3.8) is 0 Å². The molecule has 1 aliphatic carbocycles. The third kappa shape index (κ3) is 1.11. The number of piperidine rings is 1. The van der Waals surface area contributed by atoms with Crippen LogP contribution in [0.5, 0.6) is 0 Å². The van der Waals surface area contributed by atoms with E-state index in [9.17, 15) is 0 Å². The molecule has 66 valence electrons. The van der Waals surface area contributed by atoms with E-state index < -0.39 is 0 Å². The molecule has 2 aliphatic rings. The maximum atomic E-state index is 5.81. The normalized spacial score (nSPS) is 23.8. The quantitative estimate of drug-likeness (QED) is 0.638. The van der Waals surface area contributed by atoms with Gasteiger partial charge in [0.2, 0.25) is 0 Å². The van der Waals surface area contributed by atoms with Crippen molar-refractivity contribution in [1.82, 2.24) is 4.90 Å². The lowest BCUT2D eigenvalue weighted by molar-refractivity contribution is 0.285. The second-order valence-electron chi connectivity index (χ2n) is 3.68. The highest BCUT2D eigenvalue weighted by atomic mass is 15.2. The van der Waals surface area contributed by atoms with Crippen molar-refractivity contribution in [2.75, 3.05) is 13.1 Å². The average Bonchev–Trinajstić information content (AvgIpc) is 2.05. The molecule has 1 fully saturated rings. The standard InChI is InChI=1S/C10H16N2/c1-8-7-9(11)10(8)12-5-3-2-4-6-12/h7H,2-6,11H2,1H3. The minimum Gasteiger partial charge on any atom is -0.397 e. The van der Waals surface area contributed by atoms with Crippen molar-refractivity contribution in [2.45, 2.75) is 26.2 Å². The first-order valence-electron chi connectivity index (χ1n) is 4.72. The van der Waals surface area contributed by atoms with E-state index in [4.69, 9.17) is 5.73 Å². The lowest BCUT2D eigenvalue weighted by Crippen LogP contribution is -2.34. The maximum absolute atomic E-state index is 5.81. The first kappa shape index (κ1) is 7.71. The third-order valence-corrected chi connectivity index (χ3v) is 2.69. The van der Waals surface area contributed by atoms with E-state index in [0.29, 0.717) is 0 Å². The molecule has 2 rings (SSSR count). The SMILES string of the molecule is CC1=CC(N)=C1N1CCCCC1. The summed E-state index contributed by atoms with van der Waals surface area (Å²) in [5, 5.41) is 0.